The standard InChI is InChI=1S/C37H49BN6O7/c1-7-29-37(49,44-15-14-30(39)43-35(44)48)33(42-21-45)25(5)40-19-22(2)18-36(6,32(38)23(3)31(46)24(4)34(47)51-29)50-16-10-11-26-17-27-12-8-9-13-28(27)41-20-26/h8-15,17,20-25,29,32-33,40,49H,7,16,18-19H2,1-6H3,(H,42,45)(H2,39,43,48)/b11-10+/t22-,23+,24-,25-,29-,32-,33-,36-,37-/m1/s1. The molecule has 1 aliphatic rings. The number of fused-ring (bicyclic) bond motifs is 1. The van der Waals surface area contributed by atoms with Crippen LogP contribution in [0.5, 0.6) is 0 Å². The Bertz CT molecular complexity index is 1790. The van der Waals surface area contributed by atoms with E-state index in [0.717, 1.165) is 21.0 Å². The fraction of sp³-hybridized carbons (Fsp3) is 0.514. The zero-order valence-corrected chi connectivity index (χ0v) is 30.1. The second kappa shape index (κ2) is 16.7. The van der Waals surface area contributed by atoms with Crippen LogP contribution in [0, 0.1) is 17.8 Å². The summed E-state index contributed by atoms with van der Waals surface area (Å²) in [6.07, 6.45) is 6.19. The maximum Gasteiger partial charge on any atom is 0.352 e. The number of nitrogens with two attached hydrogens (primary N) is 1. The second-order valence-corrected chi connectivity index (χ2v) is 13.8. The number of amides is 1. The summed E-state index contributed by atoms with van der Waals surface area (Å²) in [5.41, 5.74) is 3.23. The van der Waals surface area contributed by atoms with Gasteiger partial charge in [0.2, 0.25) is 12.1 Å². The molecule has 1 saturated heterocycles. The molecule has 2 aromatic heterocycles. The molecule has 51 heavy (non-hydrogen) atoms. The molecule has 9 atom stereocenters. The summed E-state index contributed by atoms with van der Waals surface area (Å²) in [6, 6.07) is 9.26. The number of nitrogen functional groups attached to an aromatic ring is 1. The highest BCUT2D eigenvalue weighted by Crippen LogP contribution is 2.39. The van der Waals surface area contributed by atoms with Gasteiger partial charge in [0.25, 0.3) is 0 Å². The molecule has 3 heterocycles. The molecule has 1 aromatic carbocycles. The Morgan fingerprint density at radius 1 is 1.20 bits per heavy atom. The number of carbonyl (C=O) groups is 3. The third-order valence-electron chi connectivity index (χ3n) is 9.97. The van der Waals surface area contributed by atoms with Gasteiger partial charge in [-0.25, -0.2) is 4.79 Å². The van der Waals surface area contributed by atoms with Gasteiger partial charge in [-0.1, -0.05) is 51.1 Å². The highest BCUT2D eigenvalue weighted by Gasteiger charge is 2.51. The van der Waals surface area contributed by atoms with Crippen LogP contribution in [0.4, 0.5) is 5.82 Å². The molecule has 0 aliphatic carbocycles. The number of anilines is 1. The number of ketones is 1. The summed E-state index contributed by atoms with van der Waals surface area (Å²) < 4.78 is 13.2. The topological polar surface area (TPSA) is 188 Å². The molecule has 0 bridgehead atoms. The van der Waals surface area contributed by atoms with E-state index in [-0.39, 0.29) is 24.8 Å². The molecule has 14 heteroatoms. The van der Waals surface area contributed by atoms with Crippen molar-refractivity contribution in [2.24, 2.45) is 17.8 Å². The Balaban J connectivity index is 1.68. The molecule has 1 aliphatic heterocycles. The van der Waals surface area contributed by atoms with Crippen molar-refractivity contribution >= 4 is 48.8 Å². The van der Waals surface area contributed by atoms with Gasteiger partial charge in [0.15, 0.2) is 6.10 Å². The Kier molecular flexibility index (Phi) is 12.9. The lowest BCUT2D eigenvalue weighted by atomic mass is 9.62. The van der Waals surface area contributed by atoms with E-state index in [4.69, 9.17) is 23.1 Å². The van der Waals surface area contributed by atoms with Crippen molar-refractivity contribution < 1.29 is 29.0 Å². The number of aromatic nitrogens is 3. The molecule has 272 valence electrons. The number of hydrogen-bond donors (Lipinski definition) is 4. The first-order valence-electron chi connectivity index (χ1n) is 17.3. The molecule has 1 fully saturated rings. The van der Waals surface area contributed by atoms with E-state index >= 15 is 0 Å². The molecule has 3 aromatic rings. The second-order valence-electron chi connectivity index (χ2n) is 13.8. The van der Waals surface area contributed by atoms with E-state index in [0.29, 0.717) is 19.4 Å². The van der Waals surface area contributed by atoms with E-state index in [9.17, 15) is 24.3 Å². The van der Waals surface area contributed by atoms with Gasteiger partial charge in [0.1, 0.15) is 17.5 Å². The van der Waals surface area contributed by atoms with Gasteiger partial charge < -0.3 is 30.9 Å². The van der Waals surface area contributed by atoms with E-state index in [1.807, 2.05) is 56.3 Å². The number of rotatable bonds is 8. The van der Waals surface area contributed by atoms with Crippen molar-refractivity contribution in [2.75, 3.05) is 18.9 Å². The lowest BCUT2D eigenvalue weighted by Crippen LogP contribution is -2.68. The number of nitrogens with one attached hydrogen (secondary N) is 2. The highest BCUT2D eigenvalue weighted by atomic mass is 16.6. The zero-order chi connectivity index (χ0) is 37.5. The number of carbonyl (C=O) groups excluding carboxylic acids is 3. The lowest BCUT2D eigenvalue weighted by Gasteiger charge is -2.44. The minimum Gasteiger partial charge on any atom is -0.457 e. The molecular formula is C37H49BN6O7. The van der Waals surface area contributed by atoms with Crippen molar-refractivity contribution in [2.45, 2.75) is 89.7 Å². The summed E-state index contributed by atoms with van der Waals surface area (Å²) in [5, 5.41) is 19.5. The van der Waals surface area contributed by atoms with Crippen molar-refractivity contribution in [3.63, 3.8) is 0 Å². The number of ether oxygens (including phenoxy) is 2. The summed E-state index contributed by atoms with van der Waals surface area (Å²) >= 11 is 0. The van der Waals surface area contributed by atoms with E-state index in [1.165, 1.54) is 19.2 Å². The third-order valence-corrected chi connectivity index (χ3v) is 9.97. The van der Waals surface area contributed by atoms with Gasteiger partial charge in [0.05, 0.1) is 31.6 Å². The van der Waals surface area contributed by atoms with Crippen LogP contribution in [0.1, 0.15) is 59.9 Å². The number of Topliss-reactive ketones (excluding diaryl/α,β-unsaturated/α-hetero) is 1. The molecule has 0 unspecified atom stereocenters. The Hall–Kier alpha value is -4.40. The molecule has 0 spiro atoms. The summed E-state index contributed by atoms with van der Waals surface area (Å²) in [6.45, 7) is 10.8. The smallest absolute Gasteiger partial charge is 0.352 e. The molecule has 0 saturated carbocycles. The Morgan fingerprint density at radius 2 is 1.92 bits per heavy atom. The van der Waals surface area contributed by atoms with Crippen LogP contribution in [0.3, 0.4) is 0 Å². The fourth-order valence-electron chi connectivity index (χ4n) is 6.99. The van der Waals surface area contributed by atoms with Crippen LogP contribution in [0.25, 0.3) is 17.0 Å². The first-order chi connectivity index (χ1) is 24.2. The van der Waals surface area contributed by atoms with Crippen LogP contribution in [-0.4, -0.2) is 82.6 Å². The van der Waals surface area contributed by atoms with Crippen molar-refractivity contribution in [1.82, 2.24) is 25.2 Å². The third kappa shape index (κ3) is 8.74. The number of para-hydroxylation sites is 1. The predicted molar refractivity (Wildman–Crippen MR) is 195 cm³/mol. The van der Waals surface area contributed by atoms with Crippen molar-refractivity contribution in [1.29, 1.82) is 0 Å². The number of cyclic esters (lactones) is 1. The van der Waals surface area contributed by atoms with Crippen LogP contribution in [-0.2, 0) is 29.6 Å². The number of nitrogens with zero attached hydrogens (tertiary/aromatic N) is 3. The summed E-state index contributed by atoms with van der Waals surface area (Å²) in [7, 11) is 6.85. The van der Waals surface area contributed by atoms with Gasteiger partial charge in [-0.15, -0.1) is 0 Å². The zero-order valence-electron chi connectivity index (χ0n) is 30.1. The molecule has 4 rings (SSSR count). The maximum atomic E-state index is 13.9. The number of benzene rings is 1. The quantitative estimate of drug-likeness (QED) is 0.117. The maximum absolute atomic E-state index is 13.9. The first kappa shape index (κ1) is 39.4. The van der Waals surface area contributed by atoms with Crippen molar-refractivity contribution in [3.05, 3.63) is 70.9 Å². The largest absolute Gasteiger partial charge is 0.457 e. The normalized spacial score (nSPS) is 31.5. The highest BCUT2D eigenvalue weighted by molar-refractivity contribution is 6.15. The fourth-order valence-corrected chi connectivity index (χ4v) is 6.99. The van der Waals surface area contributed by atoms with E-state index < -0.39 is 64.6 Å². The van der Waals surface area contributed by atoms with Gasteiger partial charge >= 0.3 is 11.7 Å². The monoisotopic (exact) mass is 700 g/mol. The first-order valence-corrected chi connectivity index (χ1v) is 17.3. The van der Waals surface area contributed by atoms with Crippen LogP contribution < -0.4 is 22.1 Å². The van der Waals surface area contributed by atoms with Gasteiger partial charge in [-0.3, -0.25) is 23.9 Å². The average molecular weight is 701 g/mol. The molecule has 1 amide bonds. The summed E-state index contributed by atoms with van der Waals surface area (Å²) in [5.74, 6) is -4.52. The lowest BCUT2D eigenvalue weighted by molar-refractivity contribution is -0.199. The number of pyridine rings is 1. The molecule has 5 N–H and O–H groups in total. The molecule has 13 nitrogen and oxygen atoms in total. The van der Waals surface area contributed by atoms with Crippen LogP contribution >= 0.6 is 0 Å². The van der Waals surface area contributed by atoms with Crippen molar-refractivity contribution in [3.8, 4) is 0 Å². The number of aliphatic hydroxyl groups is 1. The van der Waals surface area contributed by atoms with Crippen LogP contribution in [0.15, 0.2) is 59.7 Å². The van der Waals surface area contributed by atoms with Gasteiger partial charge in [-0.05, 0) is 75.7 Å². The van der Waals surface area contributed by atoms with E-state index in [2.05, 4.69) is 20.6 Å². The van der Waals surface area contributed by atoms with Crippen LogP contribution in [0.2, 0.25) is 5.82 Å². The minimum atomic E-state index is -2.35. The molecule has 2 radical (unpaired) electrons. The number of esters is 1. The Morgan fingerprint density at radius 3 is 2.61 bits per heavy atom. The average Bonchev–Trinajstić information content (AvgIpc) is 3.11. The summed E-state index contributed by atoms with van der Waals surface area (Å²) in [4.78, 5) is 60.9. The number of hydrogen-bond acceptors (Lipinski definition) is 11. The Labute approximate surface area is 299 Å². The predicted octanol–water partition coefficient (Wildman–Crippen LogP) is 2.76. The van der Waals surface area contributed by atoms with Gasteiger partial charge in [0, 0.05) is 29.7 Å². The van der Waals surface area contributed by atoms with E-state index in [1.54, 1.807) is 27.0 Å². The SMILES string of the molecule is [B][C@@H]1[C@@H](C)C(=O)[C@@H](C)C(=O)O[C@H](CC)[C@](O)(n2ccc(N)nc2=O)[C@H](NC=O)[C@@H](C)NC[C@H](C)C[C@@]1(C)OC/C=C/c1cnc2ccccc2c1. The van der Waals surface area contributed by atoms with Gasteiger partial charge in [-0.2, -0.15) is 4.98 Å². The molecular weight excluding hydrogens is 651 g/mol. The minimum absolute atomic E-state index is 0.00386.